The summed E-state index contributed by atoms with van der Waals surface area (Å²) in [5.74, 6) is 0.854. The molecule has 1 heterocycles. The minimum Gasteiger partial charge on any atom is -0.317 e. The fourth-order valence-electron chi connectivity index (χ4n) is 2.72. The predicted octanol–water partition coefficient (Wildman–Crippen LogP) is 3.46. The van der Waals surface area contributed by atoms with Crippen molar-refractivity contribution in [3.63, 3.8) is 0 Å². The zero-order valence-corrected chi connectivity index (χ0v) is 10.4. The van der Waals surface area contributed by atoms with Crippen molar-refractivity contribution in [1.29, 1.82) is 0 Å². The molecule has 1 saturated carbocycles. The lowest BCUT2D eigenvalue weighted by atomic mass is 9.89. The summed E-state index contributed by atoms with van der Waals surface area (Å²) < 4.78 is 0. The summed E-state index contributed by atoms with van der Waals surface area (Å²) in [7, 11) is 2.12. The molecule has 0 bridgehead atoms. The zero-order valence-electron chi connectivity index (χ0n) is 9.54. The Kier molecular flexibility index (Phi) is 4.21. The zero-order chi connectivity index (χ0) is 10.5. The number of nitrogens with one attached hydrogen (secondary N) is 1. The molecule has 0 spiro atoms. The van der Waals surface area contributed by atoms with E-state index in [1.165, 1.54) is 44.1 Å². The van der Waals surface area contributed by atoms with Gasteiger partial charge < -0.3 is 5.32 Å². The van der Waals surface area contributed by atoms with Crippen LogP contribution in [0.3, 0.4) is 0 Å². The highest BCUT2D eigenvalue weighted by Crippen LogP contribution is 2.27. The molecule has 1 aliphatic carbocycles. The van der Waals surface area contributed by atoms with Gasteiger partial charge in [-0.15, -0.1) is 0 Å². The molecular weight excluding hydrogens is 202 g/mol. The van der Waals surface area contributed by atoms with Gasteiger partial charge in [0.1, 0.15) is 0 Å². The molecule has 2 unspecified atom stereocenters. The second kappa shape index (κ2) is 5.66. The molecule has 1 aromatic heterocycles. The van der Waals surface area contributed by atoms with Crippen LogP contribution in [0.1, 0.15) is 37.7 Å². The number of hydrogen-bond acceptors (Lipinski definition) is 2. The van der Waals surface area contributed by atoms with Crippen LogP contribution in [-0.4, -0.2) is 13.1 Å². The van der Waals surface area contributed by atoms with E-state index in [9.17, 15) is 0 Å². The van der Waals surface area contributed by atoms with E-state index in [1.54, 1.807) is 0 Å². The minimum absolute atomic E-state index is 0.743. The third-order valence-corrected chi connectivity index (χ3v) is 4.34. The second-order valence-electron chi connectivity index (χ2n) is 4.63. The third kappa shape index (κ3) is 3.05. The summed E-state index contributed by atoms with van der Waals surface area (Å²) in [6, 6.07) is 3.02. The van der Waals surface area contributed by atoms with Gasteiger partial charge in [-0.3, -0.25) is 0 Å². The van der Waals surface area contributed by atoms with Crippen LogP contribution < -0.4 is 5.32 Å². The summed E-state index contributed by atoms with van der Waals surface area (Å²) in [4.78, 5) is 0. The van der Waals surface area contributed by atoms with Crippen LogP contribution in [-0.2, 0) is 6.42 Å². The highest BCUT2D eigenvalue weighted by atomic mass is 32.1. The normalized spacial score (nSPS) is 27.5. The third-order valence-electron chi connectivity index (χ3n) is 3.61. The maximum Gasteiger partial charge on any atom is 0.00955 e. The summed E-state index contributed by atoms with van der Waals surface area (Å²) in [6.45, 7) is 0. The van der Waals surface area contributed by atoms with Gasteiger partial charge in [0, 0.05) is 6.04 Å². The minimum atomic E-state index is 0.743. The fourth-order valence-corrected chi connectivity index (χ4v) is 3.40. The quantitative estimate of drug-likeness (QED) is 0.774. The molecule has 1 aromatic rings. The van der Waals surface area contributed by atoms with Gasteiger partial charge in [0.2, 0.25) is 0 Å². The van der Waals surface area contributed by atoms with E-state index in [2.05, 4.69) is 29.2 Å². The smallest absolute Gasteiger partial charge is 0.00955 e. The lowest BCUT2D eigenvalue weighted by molar-refractivity contribution is 0.350. The molecule has 0 radical (unpaired) electrons. The van der Waals surface area contributed by atoms with E-state index in [4.69, 9.17) is 0 Å². The molecule has 1 aliphatic rings. The first kappa shape index (κ1) is 11.2. The summed E-state index contributed by atoms with van der Waals surface area (Å²) in [5.41, 5.74) is 1.53. The average Bonchev–Trinajstić information content (AvgIpc) is 2.64. The fraction of sp³-hybridized carbons (Fsp3) is 0.692. The molecule has 2 atom stereocenters. The van der Waals surface area contributed by atoms with Crippen molar-refractivity contribution in [1.82, 2.24) is 5.32 Å². The molecule has 2 heteroatoms. The van der Waals surface area contributed by atoms with Crippen molar-refractivity contribution in [2.24, 2.45) is 5.92 Å². The van der Waals surface area contributed by atoms with Crippen molar-refractivity contribution in [3.8, 4) is 0 Å². The van der Waals surface area contributed by atoms with E-state index in [0.29, 0.717) is 0 Å². The molecule has 15 heavy (non-hydrogen) atoms. The van der Waals surface area contributed by atoms with Gasteiger partial charge in [0.25, 0.3) is 0 Å². The first-order valence-electron chi connectivity index (χ1n) is 6.08. The van der Waals surface area contributed by atoms with Gasteiger partial charge in [0.05, 0.1) is 0 Å². The first-order chi connectivity index (χ1) is 7.40. The Bertz CT molecular complexity index is 268. The largest absolute Gasteiger partial charge is 0.317 e. The molecule has 0 aromatic carbocycles. The van der Waals surface area contributed by atoms with Crippen molar-refractivity contribution in [3.05, 3.63) is 22.4 Å². The van der Waals surface area contributed by atoms with Crippen molar-refractivity contribution >= 4 is 11.3 Å². The Morgan fingerprint density at radius 3 is 2.93 bits per heavy atom. The molecule has 0 amide bonds. The van der Waals surface area contributed by atoms with E-state index in [1.807, 2.05) is 11.3 Å². The SMILES string of the molecule is CNC1CCCCCC1Cc1ccsc1. The summed E-state index contributed by atoms with van der Waals surface area (Å²) in [6.07, 6.45) is 8.30. The van der Waals surface area contributed by atoms with Crippen molar-refractivity contribution in [2.75, 3.05) is 7.05 Å². The molecule has 2 rings (SSSR count). The van der Waals surface area contributed by atoms with Crippen molar-refractivity contribution < 1.29 is 0 Å². The molecule has 1 nitrogen and oxygen atoms in total. The van der Waals surface area contributed by atoms with Crippen LogP contribution in [0.15, 0.2) is 16.8 Å². The predicted molar refractivity (Wildman–Crippen MR) is 67.4 cm³/mol. The Balaban J connectivity index is 1.97. The van der Waals surface area contributed by atoms with Crippen LogP contribution >= 0.6 is 11.3 Å². The standard InChI is InChI=1S/C13H21NS/c1-14-13-6-4-2-3-5-12(13)9-11-7-8-15-10-11/h7-8,10,12-14H,2-6,9H2,1H3. The van der Waals surface area contributed by atoms with Gasteiger partial charge in [-0.1, -0.05) is 19.3 Å². The molecular formula is C13H21NS. The van der Waals surface area contributed by atoms with Crippen LogP contribution in [0.25, 0.3) is 0 Å². The molecule has 1 N–H and O–H groups in total. The van der Waals surface area contributed by atoms with E-state index in [-0.39, 0.29) is 0 Å². The number of rotatable bonds is 3. The number of hydrogen-bond donors (Lipinski definition) is 1. The molecule has 1 fully saturated rings. The highest BCUT2D eigenvalue weighted by molar-refractivity contribution is 7.07. The highest BCUT2D eigenvalue weighted by Gasteiger charge is 2.22. The van der Waals surface area contributed by atoms with Gasteiger partial charge in [-0.05, 0) is 54.6 Å². The van der Waals surface area contributed by atoms with Crippen LogP contribution in [0, 0.1) is 5.92 Å². The van der Waals surface area contributed by atoms with Crippen LogP contribution in [0.5, 0.6) is 0 Å². The summed E-state index contributed by atoms with van der Waals surface area (Å²) in [5, 5.41) is 8.01. The Morgan fingerprint density at radius 2 is 2.20 bits per heavy atom. The van der Waals surface area contributed by atoms with Crippen LogP contribution in [0.2, 0.25) is 0 Å². The monoisotopic (exact) mass is 223 g/mol. The topological polar surface area (TPSA) is 12.0 Å². The molecule has 0 saturated heterocycles. The Hall–Kier alpha value is -0.340. The molecule has 84 valence electrons. The maximum atomic E-state index is 3.51. The Labute approximate surface area is 96.9 Å². The van der Waals surface area contributed by atoms with Gasteiger partial charge in [-0.25, -0.2) is 0 Å². The molecule has 0 aliphatic heterocycles. The lowest BCUT2D eigenvalue weighted by Crippen LogP contribution is -2.33. The van der Waals surface area contributed by atoms with Gasteiger partial charge >= 0.3 is 0 Å². The van der Waals surface area contributed by atoms with Crippen molar-refractivity contribution in [2.45, 2.75) is 44.6 Å². The van der Waals surface area contributed by atoms with E-state index >= 15 is 0 Å². The Morgan fingerprint density at radius 1 is 1.33 bits per heavy atom. The first-order valence-corrected chi connectivity index (χ1v) is 7.03. The summed E-state index contributed by atoms with van der Waals surface area (Å²) >= 11 is 1.82. The maximum absolute atomic E-state index is 3.51. The van der Waals surface area contributed by atoms with E-state index < -0.39 is 0 Å². The lowest BCUT2D eigenvalue weighted by Gasteiger charge is -2.24. The van der Waals surface area contributed by atoms with Crippen LogP contribution in [0.4, 0.5) is 0 Å². The van der Waals surface area contributed by atoms with Gasteiger partial charge in [-0.2, -0.15) is 11.3 Å². The number of thiophene rings is 1. The second-order valence-corrected chi connectivity index (χ2v) is 5.41. The average molecular weight is 223 g/mol. The van der Waals surface area contributed by atoms with E-state index in [0.717, 1.165) is 12.0 Å². The van der Waals surface area contributed by atoms with Gasteiger partial charge in [0.15, 0.2) is 0 Å².